The van der Waals surface area contributed by atoms with Gasteiger partial charge in [0, 0.05) is 16.3 Å². The SMILES string of the molecule is O=C(Nc1ccc(F)c(Cl)c1)c1cc(COc2cccc(Cl)c2)cs1. The van der Waals surface area contributed by atoms with Crippen LogP contribution in [0.2, 0.25) is 10.0 Å². The number of halogens is 3. The van der Waals surface area contributed by atoms with Gasteiger partial charge in [-0.3, -0.25) is 4.79 Å². The molecule has 0 aliphatic carbocycles. The minimum atomic E-state index is -0.531. The summed E-state index contributed by atoms with van der Waals surface area (Å²) >= 11 is 12.9. The molecule has 2 aromatic carbocycles. The molecule has 0 spiro atoms. The second-order valence-electron chi connectivity index (χ2n) is 5.15. The van der Waals surface area contributed by atoms with E-state index in [0.717, 1.165) is 5.56 Å². The summed E-state index contributed by atoms with van der Waals surface area (Å²) in [6.45, 7) is 0.326. The van der Waals surface area contributed by atoms with Crippen molar-refractivity contribution in [1.82, 2.24) is 0 Å². The van der Waals surface area contributed by atoms with Crippen LogP contribution in [0.1, 0.15) is 15.2 Å². The number of benzene rings is 2. The molecule has 0 fully saturated rings. The highest BCUT2D eigenvalue weighted by molar-refractivity contribution is 7.12. The average molecular weight is 396 g/mol. The monoisotopic (exact) mass is 395 g/mol. The maximum absolute atomic E-state index is 13.1. The topological polar surface area (TPSA) is 38.3 Å². The molecule has 128 valence electrons. The Morgan fingerprint density at radius 2 is 2.00 bits per heavy atom. The number of anilines is 1. The number of rotatable bonds is 5. The largest absolute Gasteiger partial charge is 0.489 e. The molecule has 3 nitrogen and oxygen atoms in total. The second kappa shape index (κ2) is 7.87. The minimum absolute atomic E-state index is 0.0420. The zero-order chi connectivity index (χ0) is 17.8. The van der Waals surface area contributed by atoms with Crippen LogP contribution in [0.5, 0.6) is 5.75 Å². The Balaban J connectivity index is 1.62. The van der Waals surface area contributed by atoms with Gasteiger partial charge in [0.15, 0.2) is 0 Å². The number of hydrogen-bond acceptors (Lipinski definition) is 3. The Bertz CT molecular complexity index is 914. The average Bonchev–Trinajstić information content (AvgIpc) is 3.06. The van der Waals surface area contributed by atoms with Gasteiger partial charge >= 0.3 is 0 Å². The highest BCUT2D eigenvalue weighted by atomic mass is 35.5. The Morgan fingerprint density at radius 3 is 2.76 bits per heavy atom. The number of nitrogens with one attached hydrogen (secondary N) is 1. The van der Waals surface area contributed by atoms with Gasteiger partial charge in [-0.05, 0) is 47.8 Å². The van der Waals surface area contributed by atoms with Gasteiger partial charge in [0.25, 0.3) is 5.91 Å². The molecule has 0 aliphatic heterocycles. The smallest absolute Gasteiger partial charge is 0.265 e. The van der Waals surface area contributed by atoms with Crippen molar-refractivity contribution in [3.63, 3.8) is 0 Å². The quantitative estimate of drug-likeness (QED) is 0.572. The van der Waals surface area contributed by atoms with Crippen LogP contribution in [-0.2, 0) is 6.61 Å². The summed E-state index contributed by atoms with van der Waals surface area (Å²) in [5.74, 6) is -0.163. The first-order valence-corrected chi connectivity index (χ1v) is 8.87. The first kappa shape index (κ1) is 17.7. The molecule has 0 saturated heterocycles. The number of amides is 1. The molecule has 1 amide bonds. The molecule has 3 rings (SSSR count). The van der Waals surface area contributed by atoms with Gasteiger partial charge in [0.05, 0.1) is 9.90 Å². The van der Waals surface area contributed by atoms with Crippen molar-refractivity contribution in [3.8, 4) is 5.75 Å². The number of hydrogen-bond donors (Lipinski definition) is 1. The third-order valence-electron chi connectivity index (χ3n) is 3.26. The van der Waals surface area contributed by atoms with E-state index >= 15 is 0 Å². The molecule has 0 unspecified atom stereocenters. The molecule has 3 aromatic rings. The van der Waals surface area contributed by atoms with Crippen molar-refractivity contribution < 1.29 is 13.9 Å². The van der Waals surface area contributed by atoms with E-state index in [4.69, 9.17) is 27.9 Å². The first-order chi connectivity index (χ1) is 12.0. The highest BCUT2D eigenvalue weighted by Crippen LogP contribution is 2.23. The zero-order valence-corrected chi connectivity index (χ0v) is 15.1. The standard InChI is InChI=1S/C18H12Cl2FNO2S/c19-12-2-1-3-14(7-12)24-9-11-6-17(25-10-11)18(23)22-13-4-5-16(21)15(20)8-13/h1-8,10H,9H2,(H,22,23). The number of carbonyl (C=O) groups excluding carboxylic acids is 1. The Morgan fingerprint density at radius 1 is 1.16 bits per heavy atom. The molecule has 7 heteroatoms. The molecule has 1 aromatic heterocycles. The van der Waals surface area contributed by atoms with Gasteiger partial charge in [-0.2, -0.15) is 0 Å². The van der Waals surface area contributed by atoms with Crippen molar-refractivity contribution >= 4 is 46.1 Å². The van der Waals surface area contributed by atoms with Gasteiger partial charge < -0.3 is 10.1 Å². The van der Waals surface area contributed by atoms with E-state index in [2.05, 4.69) is 5.32 Å². The van der Waals surface area contributed by atoms with Crippen LogP contribution in [0.15, 0.2) is 53.9 Å². The highest BCUT2D eigenvalue weighted by Gasteiger charge is 2.11. The normalized spacial score (nSPS) is 10.5. The van der Waals surface area contributed by atoms with E-state index in [9.17, 15) is 9.18 Å². The third kappa shape index (κ3) is 4.72. The zero-order valence-electron chi connectivity index (χ0n) is 12.8. The van der Waals surface area contributed by atoms with Crippen molar-refractivity contribution in [2.75, 3.05) is 5.32 Å². The lowest BCUT2D eigenvalue weighted by atomic mass is 10.3. The molecule has 25 heavy (non-hydrogen) atoms. The van der Waals surface area contributed by atoms with E-state index in [1.54, 1.807) is 24.3 Å². The minimum Gasteiger partial charge on any atom is -0.489 e. The fourth-order valence-electron chi connectivity index (χ4n) is 2.06. The van der Waals surface area contributed by atoms with Crippen LogP contribution in [0.25, 0.3) is 0 Å². The van der Waals surface area contributed by atoms with Crippen molar-refractivity contribution in [1.29, 1.82) is 0 Å². The molecule has 1 heterocycles. The Hall–Kier alpha value is -2.08. The lowest BCUT2D eigenvalue weighted by Crippen LogP contribution is -2.10. The van der Waals surface area contributed by atoms with Gasteiger partial charge in [0.1, 0.15) is 18.2 Å². The fourth-order valence-corrected chi connectivity index (χ4v) is 3.21. The van der Waals surface area contributed by atoms with Crippen LogP contribution < -0.4 is 10.1 Å². The number of carbonyl (C=O) groups is 1. The summed E-state index contributed by atoms with van der Waals surface area (Å²) in [6.07, 6.45) is 0. The number of thiophene rings is 1. The second-order valence-corrected chi connectivity index (χ2v) is 6.90. The van der Waals surface area contributed by atoms with E-state index in [1.165, 1.54) is 29.5 Å². The lowest BCUT2D eigenvalue weighted by molar-refractivity contribution is 0.103. The molecule has 0 radical (unpaired) electrons. The fraction of sp³-hybridized carbons (Fsp3) is 0.0556. The van der Waals surface area contributed by atoms with Crippen molar-refractivity contribution in [2.24, 2.45) is 0 Å². The van der Waals surface area contributed by atoms with Crippen LogP contribution >= 0.6 is 34.5 Å². The first-order valence-electron chi connectivity index (χ1n) is 7.23. The van der Waals surface area contributed by atoms with Gasteiger partial charge in [0.2, 0.25) is 0 Å². The maximum Gasteiger partial charge on any atom is 0.265 e. The number of ether oxygens (including phenoxy) is 1. The molecular weight excluding hydrogens is 384 g/mol. The maximum atomic E-state index is 13.1. The summed E-state index contributed by atoms with van der Waals surface area (Å²) in [4.78, 5) is 12.8. The predicted octanol–water partition coefficient (Wildman–Crippen LogP) is 6.03. The lowest BCUT2D eigenvalue weighted by Gasteiger charge is -2.05. The summed E-state index contributed by atoms with van der Waals surface area (Å²) in [5, 5.41) is 5.08. The molecule has 0 saturated carbocycles. The van der Waals surface area contributed by atoms with Crippen LogP contribution in [-0.4, -0.2) is 5.91 Å². The predicted molar refractivity (Wildman–Crippen MR) is 99.5 cm³/mol. The third-order valence-corrected chi connectivity index (χ3v) is 4.76. The van der Waals surface area contributed by atoms with Gasteiger partial charge in [-0.1, -0.05) is 29.3 Å². The molecule has 0 aliphatic rings. The van der Waals surface area contributed by atoms with E-state index in [0.29, 0.717) is 27.9 Å². The summed E-state index contributed by atoms with van der Waals surface area (Å²) < 4.78 is 18.8. The van der Waals surface area contributed by atoms with Crippen LogP contribution in [0.3, 0.4) is 0 Å². The van der Waals surface area contributed by atoms with Crippen molar-refractivity contribution in [3.05, 3.63) is 80.2 Å². The Kier molecular flexibility index (Phi) is 5.58. The Labute approximate surface area is 158 Å². The summed E-state index contributed by atoms with van der Waals surface area (Å²) in [5.41, 5.74) is 1.30. The van der Waals surface area contributed by atoms with E-state index in [1.807, 2.05) is 11.4 Å². The van der Waals surface area contributed by atoms with E-state index < -0.39 is 5.82 Å². The van der Waals surface area contributed by atoms with Gasteiger partial charge in [-0.25, -0.2) is 4.39 Å². The van der Waals surface area contributed by atoms with Gasteiger partial charge in [-0.15, -0.1) is 11.3 Å². The molecule has 1 N–H and O–H groups in total. The molecular formula is C18H12Cl2FNO2S. The summed E-state index contributed by atoms with van der Waals surface area (Å²) in [6, 6.07) is 12.9. The van der Waals surface area contributed by atoms with Crippen molar-refractivity contribution in [2.45, 2.75) is 6.61 Å². The van der Waals surface area contributed by atoms with Crippen LogP contribution in [0.4, 0.5) is 10.1 Å². The summed E-state index contributed by atoms with van der Waals surface area (Å²) in [7, 11) is 0. The van der Waals surface area contributed by atoms with Crippen LogP contribution in [0, 0.1) is 5.82 Å². The van der Waals surface area contributed by atoms with E-state index in [-0.39, 0.29) is 10.9 Å². The molecule has 0 atom stereocenters. The molecule has 0 bridgehead atoms.